The Bertz CT molecular complexity index is 1180. The maximum Gasteiger partial charge on any atom is 0.416 e. The molecule has 12 heteroatoms. The van der Waals surface area contributed by atoms with Crippen LogP contribution < -0.4 is 5.32 Å². The summed E-state index contributed by atoms with van der Waals surface area (Å²) in [5, 5.41) is 15.0. The lowest BCUT2D eigenvalue weighted by Gasteiger charge is -2.07. The highest BCUT2D eigenvalue weighted by Gasteiger charge is 2.30. The van der Waals surface area contributed by atoms with Crippen molar-refractivity contribution >= 4 is 34.0 Å². The first kappa shape index (κ1) is 21.9. The standard InChI is InChI=1S/C19H12F3N3O5S/c1-30-17(27)12-5-11(7-14(8-12)25(28)29)16(26)24-18-23-15(9-31-18)10-3-2-4-13(6-10)19(20,21)22/h2-9H,1H3,(H,23,24,26). The smallest absolute Gasteiger partial charge is 0.416 e. The number of rotatable bonds is 5. The molecule has 0 aliphatic heterocycles. The Labute approximate surface area is 176 Å². The van der Waals surface area contributed by atoms with Crippen LogP contribution in [0.4, 0.5) is 24.0 Å². The molecule has 31 heavy (non-hydrogen) atoms. The highest BCUT2D eigenvalue weighted by Crippen LogP contribution is 2.33. The van der Waals surface area contributed by atoms with E-state index in [4.69, 9.17) is 0 Å². The molecule has 0 unspecified atom stereocenters. The molecule has 1 aromatic heterocycles. The second-order valence-corrected chi connectivity index (χ2v) is 6.95. The van der Waals surface area contributed by atoms with E-state index in [1.54, 1.807) is 0 Å². The number of hydrogen-bond donors (Lipinski definition) is 1. The molecule has 1 heterocycles. The number of non-ortho nitro benzene ring substituents is 1. The van der Waals surface area contributed by atoms with E-state index in [1.165, 1.54) is 17.5 Å². The zero-order chi connectivity index (χ0) is 22.8. The summed E-state index contributed by atoms with van der Waals surface area (Å²) in [4.78, 5) is 38.6. The topological polar surface area (TPSA) is 111 Å². The number of methoxy groups -OCH3 is 1. The number of thiazole rings is 1. The average Bonchev–Trinajstić information content (AvgIpc) is 3.20. The van der Waals surface area contributed by atoms with Crippen LogP contribution in [-0.2, 0) is 10.9 Å². The molecule has 0 fully saturated rings. The Morgan fingerprint density at radius 2 is 1.87 bits per heavy atom. The van der Waals surface area contributed by atoms with Crippen molar-refractivity contribution in [3.8, 4) is 11.3 Å². The maximum absolute atomic E-state index is 12.9. The summed E-state index contributed by atoms with van der Waals surface area (Å²) in [6.07, 6.45) is -4.51. The van der Waals surface area contributed by atoms with E-state index in [9.17, 15) is 32.9 Å². The fourth-order valence-electron chi connectivity index (χ4n) is 2.57. The van der Waals surface area contributed by atoms with Crippen LogP contribution in [0.2, 0.25) is 0 Å². The van der Waals surface area contributed by atoms with Crippen molar-refractivity contribution < 1.29 is 32.4 Å². The lowest BCUT2D eigenvalue weighted by Crippen LogP contribution is -2.14. The summed E-state index contributed by atoms with van der Waals surface area (Å²) in [7, 11) is 1.09. The number of halogens is 3. The number of benzene rings is 2. The number of carbonyl (C=O) groups excluding carboxylic acids is 2. The number of hydrogen-bond acceptors (Lipinski definition) is 7. The van der Waals surface area contributed by atoms with Crippen molar-refractivity contribution in [2.75, 3.05) is 12.4 Å². The van der Waals surface area contributed by atoms with Gasteiger partial charge in [-0.15, -0.1) is 11.3 Å². The quantitative estimate of drug-likeness (QED) is 0.340. The minimum Gasteiger partial charge on any atom is -0.465 e. The Morgan fingerprint density at radius 1 is 1.16 bits per heavy atom. The van der Waals surface area contributed by atoms with Crippen LogP contribution >= 0.6 is 11.3 Å². The third-order valence-electron chi connectivity index (χ3n) is 4.02. The number of nitrogens with zero attached hydrogens (tertiary/aromatic N) is 2. The number of amides is 1. The summed E-state index contributed by atoms with van der Waals surface area (Å²) in [5.41, 5.74) is -1.29. The largest absolute Gasteiger partial charge is 0.465 e. The highest BCUT2D eigenvalue weighted by molar-refractivity contribution is 7.14. The maximum atomic E-state index is 12.9. The summed E-state index contributed by atoms with van der Waals surface area (Å²) >= 11 is 0.956. The van der Waals surface area contributed by atoms with Gasteiger partial charge in [-0.2, -0.15) is 13.2 Å². The number of ether oxygens (including phenoxy) is 1. The van der Waals surface area contributed by atoms with Gasteiger partial charge in [0, 0.05) is 28.6 Å². The monoisotopic (exact) mass is 451 g/mol. The first-order valence-electron chi connectivity index (χ1n) is 8.41. The predicted molar refractivity (Wildman–Crippen MR) is 105 cm³/mol. The molecule has 0 bridgehead atoms. The van der Waals surface area contributed by atoms with Crippen molar-refractivity contribution in [3.05, 3.63) is 74.6 Å². The molecule has 0 spiro atoms. The van der Waals surface area contributed by atoms with Gasteiger partial charge in [0.1, 0.15) is 0 Å². The molecule has 0 atom stereocenters. The van der Waals surface area contributed by atoms with Crippen molar-refractivity contribution in [3.63, 3.8) is 0 Å². The van der Waals surface area contributed by atoms with E-state index in [1.807, 2.05) is 0 Å². The molecular formula is C19H12F3N3O5S. The van der Waals surface area contributed by atoms with Crippen LogP contribution in [-0.4, -0.2) is 28.9 Å². The molecule has 1 N–H and O–H groups in total. The zero-order valence-corrected chi connectivity index (χ0v) is 16.4. The lowest BCUT2D eigenvalue weighted by atomic mass is 10.1. The molecule has 3 aromatic rings. The Balaban J connectivity index is 1.86. The average molecular weight is 451 g/mol. The number of nitro benzene ring substituents is 1. The Morgan fingerprint density at radius 3 is 2.52 bits per heavy atom. The minimum atomic E-state index is -4.51. The van der Waals surface area contributed by atoms with Gasteiger partial charge in [0.15, 0.2) is 5.13 Å². The Hall–Kier alpha value is -3.80. The normalized spacial score (nSPS) is 11.1. The van der Waals surface area contributed by atoms with Crippen LogP contribution in [0.25, 0.3) is 11.3 Å². The second-order valence-electron chi connectivity index (χ2n) is 6.09. The minimum absolute atomic E-state index is 0.0588. The molecule has 0 saturated carbocycles. The molecule has 2 aromatic carbocycles. The predicted octanol–water partition coefficient (Wildman–Crippen LogP) is 4.78. The first-order valence-corrected chi connectivity index (χ1v) is 9.29. The van der Waals surface area contributed by atoms with Crippen LogP contribution in [0.1, 0.15) is 26.3 Å². The van der Waals surface area contributed by atoms with Crippen LogP contribution in [0.5, 0.6) is 0 Å². The molecule has 8 nitrogen and oxygen atoms in total. The molecule has 1 amide bonds. The highest BCUT2D eigenvalue weighted by atomic mass is 32.1. The van der Waals surface area contributed by atoms with Gasteiger partial charge >= 0.3 is 12.1 Å². The van der Waals surface area contributed by atoms with Gasteiger partial charge in [0.25, 0.3) is 11.6 Å². The first-order chi connectivity index (χ1) is 14.6. The fraction of sp³-hybridized carbons (Fsp3) is 0.105. The van der Waals surface area contributed by atoms with E-state index in [0.29, 0.717) is 0 Å². The van der Waals surface area contributed by atoms with Crippen LogP contribution in [0.15, 0.2) is 47.8 Å². The number of nitro groups is 1. The van der Waals surface area contributed by atoms with E-state index >= 15 is 0 Å². The number of anilines is 1. The summed E-state index contributed by atoms with van der Waals surface area (Å²) in [5.74, 6) is -1.65. The summed E-state index contributed by atoms with van der Waals surface area (Å²) in [6.45, 7) is 0. The number of nitrogens with one attached hydrogen (secondary N) is 1. The van der Waals surface area contributed by atoms with Crippen molar-refractivity contribution in [2.24, 2.45) is 0 Å². The molecule has 160 valence electrons. The molecule has 3 rings (SSSR count). The summed E-state index contributed by atoms with van der Waals surface area (Å²) in [6, 6.07) is 7.62. The van der Waals surface area contributed by atoms with Crippen LogP contribution in [0, 0.1) is 10.1 Å². The fourth-order valence-corrected chi connectivity index (χ4v) is 3.29. The molecule has 0 radical (unpaired) electrons. The molecule has 0 saturated heterocycles. The van der Waals surface area contributed by atoms with E-state index in [0.717, 1.165) is 48.8 Å². The number of alkyl halides is 3. The lowest BCUT2D eigenvalue weighted by molar-refractivity contribution is -0.384. The summed E-state index contributed by atoms with van der Waals surface area (Å²) < 4.78 is 43.2. The number of aromatic nitrogens is 1. The van der Waals surface area contributed by atoms with Crippen LogP contribution in [0.3, 0.4) is 0 Å². The van der Waals surface area contributed by atoms with Gasteiger partial charge in [-0.1, -0.05) is 12.1 Å². The van der Waals surface area contributed by atoms with Gasteiger partial charge in [-0.3, -0.25) is 20.2 Å². The van der Waals surface area contributed by atoms with Gasteiger partial charge in [-0.05, 0) is 18.2 Å². The molecular weight excluding hydrogens is 439 g/mol. The van der Waals surface area contributed by atoms with Gasteiger partial charge in [0.2, 0.25) is 0 Å². The zero-order valence-electron chi connectivity index (χ0n) is 15.6. The Kier molecular flexibility index (Phi) is 6.02. The van der Waals surface area contributed by atoms with Crippen molar-refractivity contribution in [1.29, 1.82) is 0 Å². The SMILES string of the molecule is COC(=O)c1cc(C(=O)Nc2nc(-c3cccc(C(F)(F)F)c3)cs2)cc([N+](=O)[O-])c1. The molecule has 0 aliphatic carbocycles. The van der Waals surface area contributed by atoms with Gasteiger partial charge < -0.3 is 4.74 Å². The van der Waals surface area contributed by atoms with Gasteiger partial charge in [0.05, 0.1) is 28.9 Å². The number of esters is 1. The third-order valence-corrected chi connectivity index (χ3v) is 4.78. The van der Waals surface area contributed by atoms with E-state index in [2.05, 4.69) is 15.0 Å². The third kappa shape index (κ3) is 5.04. The van der Waals surface area contributed by atoms with Crippen molar-refractivity contribution in [2.45, 2.75) is 6.18 Å². The second kappa shape index (κ2) is 8.52. The van der Waals surface area contributed by atoms with Gasteiger partial charge in [-0.25, -0.2) is 9.78 Å². The van der Waals surface area contributed by atoms with Crippen molar-refractivity contribution in [1.82, 2.24) is 4.98 Å². The van der Waals surface area contributed by atoms with E-state index in [-0.39, 0.29) is 27.5 Å². The number of carbonyl (C=O) groups is 2. The van der Waals surface area contributed by atoms with E-state index < -0.39 is 34.2 Å². The molecule has 0 aliphatic rings.